The minimum atomic E-state index is -1.06. The zero-order chi connectivity index (χ0) is 12.5. The van der Waals surface area contributed by atoms with Gasteiger partial charge in [-0.2, -0.15) is 0 Å². The van der Waals surface area contributed by atoms with Crippen molar-refractivity contribution >= 4 is 28.2 Å². The molecule has 3 aromatic rings. The minimum Gasteiger partial charge on any atom is -0.550 e. The Kier molecular flexibility index (Phi) is 2.64. The number of carboxylic acids is 1. The van der Waals surface area contributed by atoms with E-state index in [1.807, 2.05) is 41.8 Å². The van der Waals surface area contributed by atoms with E-state index in [1.54, 1.807) is 11.3 Å². The van der Waals surface area contributed by atoms with Crippen LogP contribution < -0.4 is 5.11 Å². The molecule has 3 rings (SSSR count). The summed E-state index contributed by atoms with van der Waals surface area (Å²) >= 11 is 1.59. The fourth-order valence-electron chi connectivity index (χ4n) is 2.16. The number of rotatable bonds is 3. The van der Waals surface area contributed by atoms with Crippen molar-refractivity contribution in [3.05, 3.63) is 47.3 Å². The molecule has 0 aliphatic rings. The van der Waals surface area contributed by atoms with Crippen molar-refractivity contribution in [3.8, 4) is 10.6 Å². The van der Waals surface area contributed by atoms with Crippen molar-refractivity contribution in [2.24, 2.45) is 0 Å². The first-order chi connectivity index (χ1) is 8.75. The number of thiophene rings is 1. The summed E-state index contributed by atoms with van der Waals surface area (Å²) < 4.78 is 0. The molecule has 0 bridgehead atoms. The van der Waals surface area contributed by atoms with Gasteiger partial charge in [0.05, 0.1) is 10.6 Å². The average Bonchev–Trinajstić information content (AvgIpc) is 2.96. The molecule has 2 heterocycles. The summed E-state index contributed by atoms with van der Waals surface area (Å²) in [6.07, 6.45) is -0.0722. The lowest BCUT2D eigenvalue weighted by atomic mass is 10.1. The van der Waals surface area contributed by atoms with Gasteiger partial charge in [0.2, 0.25) is 0 Å². The predicted molar refractivity (Wildman–Crippen MR) is 70.3 cm³/mol. The molecule has 0 spiro atoms. The largest absolute Gasteiger partial charge is 0.550 e. The number of aromatic nitrogens is 1. The zero-order valence-corrected chi connectivity index (χ0v) is 10.3. The van der Waals surface area contributed by atoms with E-state index in [4.69, 9.17) is 0 Å². The van der Waals surface area contributed by atoms with Gasteiger partial charge in [0.25, 0.3) is 0 Å². The van der Waals surface area contributed by atoms with E-state index in [-0.39, 0.29) is 6.42 Å². The van der Waals surface area contributed by atoms with Crippen LogP contribution in [0.3, 0.4) is 0 Å². The molecule has 90 valence electrons. The van der Waals surface area contributed by atoms with Gasteiger partial charge in [-0.05, 0) is 23.1 Å². The van der Waals surface area contributed by atoms with Gasteiger partial charge in [-0.25, -0.2) is 0 Å². The summed E-state index contributed by atoms with van der Waals surface area (Å²) in [6.45, 7) is 0. The van der Waals surface area contributed by atoms with E-state index >= 15 is 0 Å². The van der Waals surface area contributed by atoms with Crippen LogP contribution in [-0.2, 0) is 11.2 Å². The molecule has 0 radical (unpaired) electrons. The maximum Gasteiger partial charge on any atom is 0.0602 e. The van der Waals surface area contributed by atoms with Crippen LogP contribution in [0.4, 0.5) is 0 Å². The van der Waals surface area contributed by atoms with E-state index in [2.05, 4.69) is 4.98 Å². The van der Waals surface area contributed by atoms with Crippen LogP contribution in [0.5, 0.6) is 0 Å². The molecule has 0 fully saturated rings. The molecule has 0 amide bonds. The normalized spacial score (nSPS) is 10.9. The van der Waals surface area contributed by atoms with Crippen molar-refractivity contribution in [1.29, 1.82) is 0 Å². The number of carboxylic acid groups (broad SMARTS) is 1. The maximum absolute atomic E-state index is 10.9. The first-order valence-corrected chi connectivity index (χ1v) is 6.47. The Morgan fingerprint density at radius 2 is 2.06 bits per heavy atom. The Bertz CT molecular complexity index is 698. The second-order valence-corrected chi connectivity index (χ2v) is 5.00. The third-order valence-corrected chi connectivity index (χ3v) is 3.79. The minimum absolute atomic E-state index is 0.0722. The highest BCUT2D eigenvalue weighted by Crippen LogP contribution is 2.33. The maximum atomic E-state index is 10.9. The molecule has 0 unspecified atom stereocenters. The van der Waals surface area contributed by atoms with E-state index in [1.165, 1.54) is 0 Å². The highest BCUT2D eigenvalue weighted by molar-refractivity contribution is 7.13. The first kappa shape index (κ1) is 11.0. The standard InChI is InChI=1S/C14H11NO2S/c16-13(17)8-10-9-4-1-2-5-11(9)15-14(10)12-6-3-7-18-12/h1-7,15H,8H2,(H,16,17)/p-1. The Morgan fingerprint density at radius 1 is 1.22 bits per heavy atom. The molecular formula is C14H10NO2S-. The molecule has 0 aliphatic carbocycles. The third-order valence-electron chi connectivity index (χ3n) is 2.90. The predicted octanol–water partition coefficient (Wildman–Crippen LogP) is 2.19. The van der Waals surface area contributed by atoms with Crippen LogP contribution in [0.25, 0.3) is 21.5 Å². The number of hydrogen-bond donors (Lipinski definition) is 1. The van der Waals surface area contributed by atoms with Crippen LogP contribution in [0.15, 0.2) is 41.8 Å². The number of carbonyl (C=O) groups is 1. The summed E-state index contributed by atoms with van der Waals surface area (Å²) in [6, 6.07) is 11.7. The number of carbonyl (C=O) groups excluding carboxylic acids is 1. The van der Waals surface area contributed by atoms with Crippen LogP contribution >= 0.6 is 11.3 Å². The van der Waals surface area contributed by atoms with E-state index in [0.717, 1.165) is 27.0 Å². The van der Waals surface area contributed by atoms with E-state index in [0.29, 0.717) is 0 Å². The molecule has 18 heavy (non-hydrogen) atoms. The van der Waals surface area contributed by atoms with Gasteiger partial charge >= 0.3 is 0 Å². The highest BCUT2D eigenvalue weighted by atomic mass is 32.1. The van der Waals surface area contributed by atoms with Crippen LogP contribution in [0, 0.1) is 0 Å². The van der Waals surface area contributed by atoms with Gasteiger partial charge in [-0.1, -0.05) is 24.3 Å². The fraction of sp³-hybridized carbons (Fsp3) is 0.0714. The Morgan fingerprint density at radius 3 is 2.78 bits per heavy atom. The first-order valence-electron chi connectivity index (χ1n) is 5.59. The van der Waals surface area contributed by atoms with Gasteiger partial charge in [0.1, 0.15) is 0 Å². The molecular weight excluding hydrogens is 246 g/mol. The summed E-state index contributed by atoms with van der Waals surface area (Å²) in [5.74, 6) is -1.06. The van der Waals surface area contributed by atoms with Gasteiger partial charge in [0, 0.05) is 23.3 Å². The summed E-state index contributed by atoms with van der Waals surface area (Å²) in [5.41, 5.74) is 2.64. The van der Waals surface area contributed by atoms with Gasteiger partial charge < -0.3 is 14.9 Å². The van der Waals surface area contributed by atoms with Gasteiger partial charge in [0.15, 0.2) is 0 Å². The molecule has 0 saturated heterocycles. The highest BCUT2D eigenvalue weighted by Gasteiger charge is 2.13. The SMILES string of the molecule is O=C([O-])Cc1c(-c2cccs2)[nH]c2ccccc12. The quantitative estimate of drug-likeness (QED) is 0.781. The second kappa shape index (κ2) is 4.31. The molecule has 4 heteroatoms. The number of hydrogen-bond acceptors (Lipinski definition) is 3. The Labute approximate surface area is 108 Å². The molecule has 0 saturated carbocycles. The summed E-state index contributed by atoms with van der Waals surface area (Å²) in [4.78, 5) is 15.2. The van der Waals surface area contributed by atoms with Gasteiger partial charge in [-0.15, -0.1) is 11.3 Å². The lowest BCUT2D eigenvalue weighted by Gasteiger charge is -2.04. The van der Waals surface area contributed by atoms with Crippen molar-refractivity contribution in [2.75, 3.05) is 0 Å². The van der Waals surface area contributed by atoms with Crippen LogP contribution in [0.2, 0.25) is 0 Å². The van der Waals surface area contributed by atoms with E-state index < -0.39 is 5.97 Å². The molecule has 1 aromatic carbocycles. The number of aromatic amines is 1. The lowest BCUT2D eigenvalue weighted by Crippen LogP contribution is -2.24. The van der Waals surface area contributed by atoms with Crippen molar-refractivity contribution in [2.45, 2.75) is 6.42 Å². The number of para-hydroxylation sites is 1. The lowest BCUT2D eigenvalue weighted by molar-refractivity contribution is -0.304. The van der Waals surface area contributed by atoms with Crippen molar-refractivity contribution in [3.63, 3.8) is 0 Å². The third kappa shape index (κ3) is 1.80. The summed E-state index contributed by atoms with van der Waals surface area (Å²) in [5, 5.41) is 13.8. The smallest absolute Gasteiger partial charge is 0.0602 e. The monoisotopic (exact) mass is 256 g/mol. The Hall–Kier alpha value is -2.07. The number of fused-ring (bicyclic) bond motifs is 1. The Balaban J connectivity index is 2.26. The van der Waals surface area contributed by atoms with E-state index in [9.17, 15) is 9.90 Å². The molecule has 0 atom stereocenters. The van der Waals surface area contributed by atoms with Gasteiger partial charge in [-0.3, -0.25) is 0 Å². The average molecular weight is 256 g/mol. The number of H-pyrrole nitrogens is 1. The van der Waals surface area contributed by atoms with Crippen molar-refractivity contribution < 1.29 is 9.90 Å². The number of aliphatic carboxylic acids is 1. The van der Waals surface area contributed by atoms with Crippen LogP contribution in [-0.4, -0.2) is 11.0 Å². The number of benzene rings is 1. The number of nitrogens with one attached hydrogen (secondary N) is 1. The van der Waals surface area contributed by atoms with Crippen molar-refractivity contribution in [1.82, 2.24) is 4.98 Å². The molecule has 0 aliphatic heterocycles. The zero-order valence-electron chi connectivity index (χ0n) is 9.47. The molecule has 2 aromatic heterocycles. The summed E-state index contributed by atoms with van der Waals surface area (Å²) in [7, 11) is 0. The molecule has 1 N–H and O–H groups in total. The van der Waals surface area contributed by atoms with Crippen LogP contribution in [0.1, 0.15) is 5.56 Å². The second-order valence-electron chi connectivity index (χ2n) is 4.05. The molecule has 3 nitrogen and oxygen atoms in total. The fourth-order valence-corrected chi connectivity index (χ4v) is 2.91. The topological polar surface area (TPSA) is 55.9 Å².